The summed E-state index contributed by atoms with van der Waals surface area (Å²) in [4.78, 5) is 25.8. The summed E-state index contributed by atoms with van der Waals surface area (Å²) in [5.41, 5.74) is 0.317. The smallest absolute Gasteiger partial charge is 0.409 e. The van der Waals surface area contributed by atoms with Crippen molar-refractivity contribution in [3.8, 4) is 0 Å². The molecule has 27 heavy (non-hydrogen) atoms. The molecule has 148 valence electrons. The highest BCUT2D eigenvalue weighted by Crippen LogP contribution is 2.20. The third-order valence-corrected chi connectivity index (χ3v) is 5.21. The predicted molar refractivity (Wildman–Crippen MR) is 102 cm³/mol. The molecule has 2 N–H and O–H groups in total. The van der Waals surface area contributed by atoms with Crippen molar-refractivity contribution in [1.29, 1.82) is 0 Å². The first-order valence-corrected chi connectivity index (χ1v) is 9.98. The van der Waals surface area contributed by atoms with E-state index in [-0.39, 0.29) is 18.0 Å². The molecule has 0 spiro atoms. The molecule has 2 fully saturated rings. The summed E-state index contributed by atoms with van der Waals surface area (Å²) in [5.74, 6) is 0.502. The maximum Gasteiger partial charge on any atom is 0.409 e. The van der Waals surface area contributed by atoms with Crippen LogP contribution in [-0.4, -0.2) is 58.9 Å². The van der Waals surface area contributed by atoms with Gasteiger partial charge in [-0.2, -0.15) is 0 Å². The van der Waals surface area contributed by atoms with Crippen LogP contribution in [0.15, 0.2) is 12.1 Å². The number of likely N-dealkylation sites (tertiary alicyclic amines) is 1. The van der Waals surface area contributed by atoms with Gasteiger partial charge in [0.2, 0.25) is 0 Å². The highest BCUT2D eigenvalue weighted by Gasteiger charge is 2.25. The highest BCUT2D eigenvalue weighted by molar-refractivity contribution is 5.92. The second-order valence-corrected chi connectivity index (χ2v) is 7.22. The molecule has 0 radical (unpaired) electrons. The molecule has 0 atom stereocenters. The lowest BCUT2D eigenvalue weighted by atomic mass is 9.95. The molecule has 0 bridgehead atoms. The van der Waals surface area contributed by atoms with Crippen molar-refractivity contribution in [3.63, 3.8) is 0 Å². The summed E-state index contributed by atoms with van der Waals surface area (Å²) in [6.07, 6.45) is 7.26. The Hall–Kier alpha value is -2.38. The molecule has 1 aromatic heterocycles. The van der Waals surface area contributed by atoms with Crippen molar-refractivity contribution >= 4 is 17.8 Å². The van der Waals surface area contributed by atoms with Crippen molar-refractivity contribution < 1.29 is 14.3 Å². The van der Waals surface area contributed by atoms with Crippen LogP contribution in [0.5, 0.6) is 0 Å². The Bertz CT molecular complexity index is 623. The van der Waals surface area contributed by atoms with E-state index >= 15 is 0 Å². The van der Waals surface area contributed by atoms with Gasteiger partial charge >= 0.3 is 6.09 Å². The van der Waals surface area contributed by atoms with E-state index < -0.39 is 0 Å². The van der Waals surface area contributed by atoms with E-state index in [2.05, 4.69) is 20.8 Å². The first-order valence-electron chi connectivity index (χ1n) is 9.98. The number of hydrogen-bond donors (Lipinski definition) is 2. The normalized spacial score (nSPS) is 18.8. The zero-order chi connectivity index (χ0) is 19.1. The van der Waals surface area contributed by atoms with Crippen LogP contribution in [-0.2, 0) is 4.74 Å². The van der Waals surface area contributed by atoms with Crippen molar-refractivity contribution in [2.75, 3.05) is 25.0 Å². The number of anilines is 1. The highest BCUT2D eigenvalue weighted by atomic mass is 16.6. The zero-order valence-corrected chi connectivity index (χ0v) is 15.9. The van der Waals surface area contributed by atoms with Gasteiger partial charge in [-0.1, -0.05) is 19.3 Å². The third kappa shape index (κ3) is 5.55. The lowest BCUT2D eigenvalue weighted by Gasteiger charge is -2.31. The molecule has 2 aliphatic rings. The van der Waals surface area contributed by atoms with E-state index in [0.717, 1.165) is 18.7 Å². The number of aromatic nitrogens is 2. The minimum Gasteiger partial charge on any atom is -0.450 e. The Morgan fingerprint density at radius 2 is 1.81 bits per heavy atom. The number of rotatable bonds is 5. The van der Waals surface area contributed by atoms with Gasteiger partial charge in [-0.3, -0.25) is 4.79 Å². The predicted octanol–water partition coefficient (Wildman–Crippen LogP) is 2.57. The number of ether oxygens (including phenoxy) is 1. The molecule has 2 heterocycles. The van der Waals surface area contributed by atoms with Crippen LogP contribution in [0.1, 0.15) is 62.4 Å². The summed E-state index contributed by atoms with van der Waals surface area (Å²) >= 11 is 0. The van der Waals surface area contributed by atoms with Crippen molar-refractivity contribution in [3.05, 3.63) is 17.8 Å². The SMILES string of the molecule is CCOC(=O)N1CCC(NC(=O)c2ccc(NC3CCCCC3)nn2)CC1. The lowest BCUT2D eigenvalue weighted by Crippen LogP contribution is -2.46. The van der Waals surface area contributed by atoms with Gasteiger partial charge in [0.15, 0.2) is 5.69 Å². The van der Waals surface area contributed by atoms with Crippen LogP contribution in [0.3, 0.4) is 0 Å². The quantitative estimate of drug-likeness (QED) is 0.821. The Kier molecular flexibility index (Phi) is 6.84. The molecule has 0 unspecified atom stereocenters. The Morgan fingerprint density at radius 3 is 2.44 bits per heavy atom. The largest absolute Gasteiger partial charge is 0.450 e. The summed E-state index contributed by atoms with van der Waals surface area (Å²) in [5, 5.41) is 14.6. The van der Waals surface area contributed by atoms with E-state index in [1.807, 2.05) is 6.07 Å². The van der Waals surface area contributed by atoms with Crippen LogP contribution in [0.25, 0.3) is 0 Å². The van der Waals surface area contributed by atoms with Crippen LogP contribution in [0.2, 0.25) is 0 Å². The molecule has 2 amide bonds. The van der Waals surface area contributed by atoms with Gasteiger partial charge in [0.05, 0.1) is 6.61 Å². The number of carbonyl (C=O) groups excluding carboxylic acids is 2. The zero-order valence-electron chi connectivity index (χ0n) is 15.9. The molecule has 1 aliphatic heterocycles. The van der Waals surface area contributed by atoms with Crippen LogP contribution in [0, 0.1) is 0 Å². The van der Waals surface area contributed by atoms with Gasteiger partial charge in [0.1, 0.15) is 5.82 Å². The van der Waals surface area contributed by atoms with Gasteiger partial charge in [-0.05, 0) is 44.7 Å². The lowest BCUT2D eigenvalue weighted by molar-refractivity contribution is 0.0856. The minimum absolute atomic E-state index is 0.0324. The number of amides is 2. The second-order valence-electron chi connectivity index (χ2n) is 7.22. The molecule has 1 saturated carbocycles. The second kappa shape index (κ2) is 9.53. The van der Waals surface area contributed by atoms with E-state index in [4.69, 9.17) is 4.74 Å². The minimum atomic E-state index is -0.283. The number of nitrogens with one attached hydrogen (secondary N) is 2. The molecule has 0 aromatic carbocycles. The standard InChI is InChI=1S/C19H29N5O3/c1-2-27-19(26)24-12-10-15(11-13-24)21-18(25)16-8-9-17(23-22-16)20-14-6-4-3-5-7-14/h8-9,14-15H,2-7,10-13H2,1H3,(H,20,23)(H,21,25). The first-order chi connectivity index (χ1) is 13.2. The Balaban J connectivity index is 1.45. The van der Waals surface area contributed by atoms with E-state index in [0.29, 0.717) is 44.3 Å². The van der Waals surface area contributed by atoms with Crippen LogP contribution < -0.4 is 10.6 Å². The fourth-order valence-electron chi connectivity index (χ4n) is 3.67. The molecule has 8 heteroatoms. The van der Waals surface area contributed by atoms with Gasteiger partial charge in [0, 0.05) is 25.2 Å². The molecule has 8 nitrogen and oxygen atoms in total. The third-order valence-electron chi connectivity index (χ3n) is 5.21. The van der Waals surface area contributed by atoms with Gasteiger partial charge in [-0.15, -0.1) is 10.2 Å². The molecular weight excluding hydrogens is 346 g/mol. The van der Waals surface area contributed by atoms with E-state index in [9.17, 15) is 9.59 Å². The maximum atomic E-state index is 12.4. The van der Waals surface area contributed by atoms with Gasteiger partial charge < -0.3 is 20.3 Å². The van der Waals surface area contributed by atoms with Gasteiger partial charge in [0.25, 0.3) is 5.91 Å². The number of carbonyl (C=O) groups is 2. The first kappa shape index (κ1) is 19.4. The fraction of sp³-hybridized carbons (Fsp3) is 0.684. The van der Waals surface area contributed by atoms with Crippen LogP contribution in [0.4, 0.5) is 10.6 Å². The maximum absolute atomic E-state index is 12.4. The number of hydrogen-bond acceptors (Lipinski definition) is 6. The fourth-order valence-corrected chi connectivity index (χ4v) is 3.67. The van der Waals surface area contributed by atoms with E-state index in [1.54, 1.807) is 17.9 Å². The van der Waals surface area contributed by atoms with Gasteiger partial charge in [-0.25, -0.2) is 4.79 Å². The van der Waals surface area contributed by atoms with Crippen molar-refractivity contribution in [2.45, 2.75) is 64.0 Å². The average molecular weight is 375 g/mol. The topological polar surface area (TPSA) is 96.5 Å². The molecule has 1 aromatic rings. The number of nitrogens with zero attached hydrogens (tertiary/aromatic N) is 3. The number of piperidine rings is 1. The summed E-state index contributed by atoms with van der Waals surface area (Å²) in [7, 11) is 0. The van der Waals surface area contributed by atoms with Crippen molar-refractivity contribution in [2.24, 2.45) is 0 Å². The summed E-state index contributed by atoms with van der Waals surface area (Å²) < 4.78 is 5.01. The molecule has 1 aliphatic carbocycles. The monoisotopic (exact) mass is 375 g/mol. The van der Waals surface area contributed by atoms with Crippen LogP contribution >= 0.6 is 0 Å². The molecular formula is C19H29N5O3. The summed E-state index contributed by atoms with van der Waals surface area (Å²) in [6, 6.07) is 4.02. The van der Waals surface area contributed by atoms with E-state index in [1.165, 1.54) is 19.3 Å². The molecule has 1 saturated heterocycles. The molecule has 3 rings (SSSR count). The Morgan fingerprint density at radius 1 is 1.07 bits per heavy atom. The summed E-state index contributed by atoms with van der Waals surface area (Å²) in [6.45, 7) is 3.33. The Labute approximate surface area is 160 Å². The van der Waals surface area contributed by atoms with Crippen molar-refractivity contribution in [1.82, 2.24) is 20.4 Å². The average Bonchev–Trinajstić information content (AvgIpc) is 2.70.